The highest BCUT2D eigenvalue weighted by Gasteiger charge is 2.27. The molecule has 1 atom stereocenters. The predicted octanol–water partition coefficient (Wildman–Crippen LogP) is 3.72. The molecule has 0 saturated carbocycles. The normalized spacial score (nSPS) is 13.6. The van der Waals surface area contributed by atoms with Gasteiger partial charge in [0, 0.05) is 18.1 Å². The zero-order chi connectivity index (χ0) is 19.3. The fraction of sp³-hybridized carbons (Fsp3) is 0.333. The van der Waals surface area contributed by atoms with Gasteiger partial charge in [0.25, 0.3) is 0 Å². The van der Waals surface area contributed by atoms with E-state index in [1.54, 1.807) is 19.2 Å². The van der Waals surface area contributed by atoms with E-state index in [-0.39, 0.29) is 30.5 Å². The Kier molecular flexibility index (Phi) is 7.82. The molecule has 0 aliphatic carbocycles. The molecule has 0 fully saturated rings. The number of aromatic nitrogens is 1. The fourth-order valence-electron chi connectivity index (χ4n) is 2.87. The summed E-state index contributed by atoms with van der Waals surface area (Å²) in [7, 11) is 0. The number of para-hydroxylation sites is 1. The third-order valence-electron chi connectivity index (χ3n) is 4.36. The summed E-state index contributed by atoms with van der Waals surface area (Å²) in [5, 5.41) is 18.2. The van der Waals surface area contributed by atoms with Gasteiger partial charge in [0.1, 0.15) is 17.1 Å². The number of halogens is 1. The second-order valence-electron chi connectivity index (χ2n) is 6.72. The van der Waals surface area contributed by atoms with Crippen molar-refractivity contribution in [2.24, 2.45) is 4.99 Å². The second kappa shape index (κ2) is 9.88. The third kappa shape index (κ3) is 5.45. The molecule has 0 saturated heterocycles. The van der Waals surface area contributed by atoms with Crippen LogP contribution in [-0.2, 0) is 12.1 Å². The number of fused-ring (bicyclic) bond motifs is 1. The van der Waals surface area contributed by atoms with Gasteiger partial charge in [0.2, 0.25) is 0 Å². The quantitative estimate of drug-likeness (QED) is 0.277. The molecule has 0 aliphatic rings. The van der Waals surface area contributed by atoms with Crippen LogP contribution >= 0.6 is 24.0 Å². The molecule has 0 bridgehead atoms. The lowest BCUT2D eigenvalue weighted by Crippen LogP contribution is -2.44. The largest absolute Gasteiger partial charge is 0.463 e. The summed E-state index contributed by atoms with van der Waals surface area (Å²) >= 11 is 0. The van der Waals surface area contributed by atoms with Gasteiger partial charge < -0.3 is 20.2 Å². The van der Waals surface area contributed by atoms with Crippen molar-refractivity contribution in [2.75, 3.05) is 13.1 Å². The van der Waals surface area contributed by atoms with Crippen molar-refractivity contribution in [3.8, 4) is 0 Å². The molecule has 0 aliphatic heterocycles. The van der Waals surface area contributed by atoms with Crippen LogP contribution < -0.4 is 10.6 Å². The van der Waals surface area contributed by atoms with Crippen LogP contribution in [0.5, 0.6) is 0 Å². The average Bonchev–Trinajstić information content (AvgIpc) is 3.11. The highest BCUT2D eigenvalue weighted by molar-refractivity contribution is 14.0. The Morgan fingerprint density at radius 1 is 1.18 bits per heavy atom. The second-order valence-corrected chi connectivity index (χ2v) is 6.72. The highest BCUT2D eigenvalue weighted by Crippen LogP contribution is 2.22. The first-order chi connectivity index (χ1) is 13.0. The van der Waals surface area contributed by atoms with E-state index in [1.807, 2.05) is 44.2 Å². The minimum atomic E-state index is -1.13. The van der Waals surface area contributed by atoms with E-state index in [9.17, 15) is 5.11 Å². The molecule has 0 radical (unpaired) electrons. The van der Waals surface area contributed by atoms with Gasteiger partial charge in [-0.15, -0.1) is 24.0 Å². The van der Waals surface area contributed by atoms with Crippen LogP contribution in [0.3, 0.4) is 0 Å². The molecule has 1 aromatic carbocycles. The van der Waals surface area contributed by atoms with Gasteiger partial charge in [-0.25, -0.2) is 4.99 Å². The minimum Gasteiger partial charge on any atom is -0.463 e. The summed E-state index contributed by atoms with van der Waals surface area (Å²) in [4.78, 5) is 9.05. The highest BCUT2D eigenvalue weighted by atomic mass is 127. The number of aliphatic imine (C=N–C) groups is 1. The molecule has 3 aromatic rings. The number of aryl methyl sites for hydroxylation is 1. The number of benzene rings is 1. The Bertz CT molecular complexity index is 932. The first-order valence-electron chi connectivity index (χ1n) is 9.13. The van der Waals surface area contributed by atoms with E-state index in [0.29, 0.717) is 18.3 Å². The Hall–Kier alpha value is -2.13. The maximum Gasteiger partial charge on any atom is 0.191 e. The van der Waals surface area contributed by atoms with Crippen molar-refractivity contribution >= 4 is 40.8 Å². The molecule has 2 heterocycles. The molecule has 3 rings (SSSR count). The first kappa shape index (κ1) is 22.2. The van der Waals surface area contributed by atoms with Crippen LogP contribution in [0.1, 0.15) is 30.9 Å². The van der Waals surface area contributed by atoms with E-state index in [0.717, 1.165) is 28.8 Å². The van der Waals surface area contributed by atoms with Crippen LogP contribution in [-0.4, -0.2) is 29.1 Å². The van der Waals surface area contributed by atoms with Gasteiger partial charge in [-0.1, -0.05) is 18.2 Å². The average molecular weight is 494 g/mol. The number of hydrogen-bond donors (Lipinski definition) is 3. The first-order valence-corrected chi connectivity index (χ1v) is 9.13. The predicted molar refractivity (Wildman–Crippen MR) is 123 cm³/mol. The molecule has 6 nitrogen and oxygen atoms in total. The molecule has 3 N–H and O–H groups in total. The van der Waals surface area contributed by atoms with E-state index in [1.165, 1.54) is 0 Å². The van der Waals surface area contributed by atoms with Gasteiger partial charge in [-0.05, 0) is 50.6 Å². The Morgan fingerprint density at radius 2 is 1.96 bits per heavy atom. The lowest BCUT2D eigenvalue weighted by atomic mass is 10.0. The Morgan fingerprint density at radius 3 is 2.68 bits per heavy atom. The van der Waals surface area contributed by atoms with Crippen molar-refractivity contribution in [1.82, 2.24) is 15.6 Å². The number of nitrogens with one attached hydrogen (secondary N) is 2. The smallest absolute Gasteiger partial charge is 0.191 e. The summed E-state index contributed by atoms with van der Waals surface area (Å²) in [6, 6.07) is 13.7. The molecule has 7 heteroatoms. The molecule has 0 spiro atoms. The monoisotopic (exact) mass is 494 g/mol. The molecule has 1 unspecified atom stereocenters. The zero-order valence-corrected chi connectivity index (χ0v) is 18.7. The summed E-state index contributed by atoms with van der Waals surface area (Å²) in [5.41, 5.74) is 0.930. The number of furan rings is 1. The lowest BCUT2D eigenvalue weighted by Gasteiger charge is -2.23. The van der Waals surface area contributed by atoms with Crippen molar-refractivity contribution in [3.63, 3.8) is 0 Å². The zero-order valence-electron chi connectivity index (χ0n) is 16.4. The van der Waals surface area contributed by atoms with Crippen molar-refractivity contribution in [3.05, 3.63) is 65.7 Å². The molecular weight excluding hydrogens is 467 g/mol. The summed E-state index contributed by atoms with van der Waals surface area (Å²) < 4.78 is 5.56. The van der Waals surface area contributed by atoms with Gasteiger partial charge >= 0.3 is 0 Å². The molecule has 28 heavy (non-hydrogen) atoms. The number of nitrogens with zero attached hydrogens (tertiary/aromatic N) is 2. The summed E-state index contributed by atoms with van der Waals surface area (Å²) in [5.74, 6) is 1.95. The topological polar surface area (TPSA) is 82.7 Å². The van der Waals surface area contributed by atoms with Crippen LogP contribution in [0.15, 0.2) is 58.1 Å². The van der Waals surface area contributed by atoms with Gasteiger partial charge in [0.15, 0.2) is 5.96 Å². The number of pyridine rings is 1. The SMILES string of the molecule is CCNC(=NCc1ccnc2ccccc12)NCC(C)(O)c1ccc(C)o1.I. The van der Waals surface area contributed by atoms with E-state index in [2.05, 4.69) is 26.7 Å². The number of hydrogen-bond acceptors (Lipinski definition) is 4. The standard InChI is InChI=1S/C21H26N4O2.HI/c1-4-22-20(25-14-21(3,26)19-10-9-15(2)27-19)24-13-16-11-12-23-18-8-6-5-7-17(16)18;/h5-12,26H,4,13-14H2,1-3H3,(H2,22,24,25);1H. The van der Waals surface area contributed by atoms with Gasteiger partial charge in [-0.2, -0.15) is 0 Å². The molecular formula is C21H27IN4O2. The Balaban J connectivity index is 0.00000280. The van der Waals surface area contributed by atoms with Gasteiger partial charge in [0.05, 0.1) is 18.6 Å². The lowest BCUT2D eigenvalue weighted by molar-refractivity contribution is 0.0378. The maximum atomic E-state index is 10.7. The molecule has 0 amide bonds. The number of rotatable bonds is 6. The van der Waals surface area contributed by atoms with Crippen LogP contribution in [0, 0.1) is 6.92 Å². The molecule has 2 aromatic heterocycles. The maximum absolute atomic E-state index is 10.7. The van der Waals surface area contributed by atoms with Gasteiger partial charge in [-0.3, -0.25) is 4.98 Å². The van der Waals surface area contributed by atoms with Crippen molar-refractivity contribution in [1.29, 1.82) is 0 Å². The summed E-state index contributed by atoms with van der Waals surface area (Å²) in [6.45, 7) is 7.11. The minimum absolute atomic E-state index is 0. The molecule has 150 valence electrons. The fourth-order valence-corrected chi connectivity index (χ4v) is 2.87. The summed E-state index contributed by atoms with van der Waals surface area (Å²) in [6.07, 6.45) is 1.80. The van der Waals surface area contributed by atoms with Crippen LogP contribution in [0.25, 0.3) is 10.9 Å². The van der Waals surface area contributed by atoms with Crippen LogP contribution in [0.4, 0.5) is 0 Å². The van der Waals surface area contributed by atoms with E-state index >= 15 is 0 Å². The van der Waals surface area contributed by atoms with Crippen LogP contribution in [0.2, 0.25) is 0 Å². The van der Waals surface area contributed by atoms with Crippen molar-refractivity contribution < 1.29 is 9.52 Å². The van der Waals surface area contributed by atoms with Crippen molar-refractivity contribution in [2.45, 2.75) is 32.9 Å². The number of guanidine groups is 1. The Labute approximate surface area is 182 Å². The van der Waals surface area contributed by atoms with E-state index < -0.39 is 5.60 Å². The van der Waals surface area contributed by atoms with E-state index in [4.69, 9.17) is 4.42 Å². The number of aliphatic hydroxyl groups is 1. The third-order valence-corrected chi connectivity index (χ3v) is 4.36.